The zero-order chi connectivity index (χ0) is 7.90. The van der Waals surface area contributed by atoms with Crippen molar-refractivity contribution in [2.45, 2.75) is 31.6 Å². The molecule has 1 aromatic heterocycles. The van der Waals surface area contributed by atoms with E-state index >= 15 is 0 Å². The third-order valence-electron chi connectivity index (χ3n) is 2.47. The highest BCUT2D eigenvalue weighted by Gasteiger charge is 2.37. The summed E-state index contributed by atoms with van der Waals surface area (Å²) in [7, 11) is 0. The van der Waals surface area contributed by atoms with Crippen LogP contribution in [0.5, 0.6) is 0 Å². The third kappa shape index (κ3) is 0.895. The van der Waals surface area contributed by atoms with Crippen molar-refractivity contribution in [3.63, 3.8) is 0 Å². The molecule has 0 amide bonds. The summed E-state index contributed by atoms with van der Waals surface area (Å²) >= 11 is 0. The number of nitrogens with zero attached hydrogens (tertiary/aromatic N) is 1. The monoisotopic (exact) mass is 154 g/mol. The van der Waals surface area contributed by atoms with Gasteiger partial charge >= 0.3 is 5.76 Å². The van der Waals surface area contributed by atoms with E-state index in [-0.39, 0.29) is 5.41 Å². The second-order valence-electron chi connectivity index (χ2n) is 3.36. The molecule has 1 N–H and O–H groups in total. The Kier molecular flexibility index (Phi) is 1.19. The van der Waals surface area contributed by atoms with Crippen LogP contribution in [-0.2, 0) is 5.41 Å². The predicted molar refractivity (Wildman–Crippen MR) is 38.3 cm³/mol. The Morgan fingerprint density at radius 3 is 2.73 bits per heavy atom. The number of aromatic amines is 1. The first-order valence-electron chi connectivity index (χ1n) is 3.77. The number of H-pyrrole nitrogens is 1. The second-order valence-corrected chi connectivity index (χ2v) is 3.36. The van der Waals surface area contributed by atoms with Gasteiger partial charge < -0.3 is 0 Å². The molecule has 0 saturated heterocycles. The van der Waals surface area contributed by atoms with Gasteiger partial charge in [0.25, 0.3) is 0 Å². The lowest BCUT2D eigenvalue weighted by Gasteiger charge is -2.35. The van der Waals surface area contributed by atoms with Gasteiger partial charge in [-0.2, -0.15) is 0 Å². The highest BCUT2D eigenvalue weighted by Crippen LogP contribution is 2.40. The number of aromatic nitrogens is 2. The molecule has 0 spiro atoms. The fraction of sp³-hybridized carbons (Fsp3) is 0.714. The van der Waals surface area contributed by atoms with E-state index in [1.165, 1.54) is 6.42 Å². The summed E-state index contributed by atoms with van der Waals surface area (Å²) < 4.78 is 4.43. The van der Waals surface area contributed by atoms with E-state index in [0.717, 1.165) is 12.8 Å². The van der Waals surface area contributed by atoms with Crippen LogP contribution in [-0.4, -0.2) is 10.1 Å². The summed E-state index contributed by atoms with van der Waals surface area (Å²) in [6, 6.07) is 0. The second kappa shape index (κ2) is 1.96. The highest BCUT2D eigenvalue weighted by molar-refractivity contribution is 5.07. The van der Waals surface area contributed by atoms with Gasteiger partial charge in [-0.3, -0.25) is 9.51 Å². The molecule has 1 aliphatic carbocycles. The minimum atomic E-state index is -0.451. The summed E-state index contributed by atoms with van der Waals surface area (Å²) in [5.41, 5.74) is 0.0756. The smallest absolute Gasteiger partial charge is 0.296 e. The van der Waals surface area contributed by atoms with Gasteiger partial charge in [0.1, 0.15) is 0 Å². The summed E-state index contributed by atoms with van der Waals surface area (Å²) in [5, 5.41) is 3.67. The van der Waals surface area contributed by atoms with E-state index < -0.39 is 5.76 Å². The molecule has 0 aromatic carbocycles. The molecule has 2 rings (SSSR count). The molecule has 0 bridgehead atoms. The van der Waals surface area contributed by atoms with Crippen LogP contribution in [0, 0.1) is 0 Å². The molecule has 0 unspecified atom stereocenters. The van der Waals surface area contributed by atoms with Crippen molar-refractivity contribution in [2.24, 2.45) is 0 Å². The molecular formula is C7H10N2O2. The van der Waals surface area contributed by atoms with Gasteiger partial charge in [-0.15, -0.1) is 0 Å². The molecule has 11 heavy (non-hydrogen) atoms. The molecule has 1 fully saturated rings. The molecule has 1 aromatic rings. The Bertz CT molecular complexity index is 308. The van der Waals surface area contributed by atoms with E-state index in [9.17, 15) is 4.79 Å². The first-order valence-corrected chi connectivity index (χ1v) is 3.77. The summed E-state index contributed by atoms with van der Waals surface area (Å²) in [5.74, 6) is 0.252. The van der Waals surface area contributed by atoms with Crippen molar-refractivity contribution in [1.29, 1.82) is 0 Å². The fourth-order valence-electron chi connectivity index (χ4n) is 1.43. The molecule has 4 nitrogen and oxygen atoms in total. The minimum absolute atomic E-state index is 0.0756. The number of nitrogens with one attached hydrogen (secondary N) is 1. The predicted octanol–water partition coefficient (Wildman–Crippen LogP) is 0.804. The third-order valence-corrected chi connectivity index (χ3v) is 2.47. The SMILES string of the molecule is CC1(c2noc(=O)[nH]2)CCC1. The van der Waals surface area contributed by atoms with Crippen LogP contribution >= 0.6 is 0 Å². The normalized spacial score (nSPS) is 21.2. The van der Waals surface area contributed by atoms with Gasteiger partial charge in [0.2, 0.25) is 0 Å². The Labute approximate surface area is 63.6 Å². The Morgan fingerprint density at radius 1 is 1.64 bits per heavy atom. The molecule has 60 valence electrons. The molecule has 0 radical (unpaired) electrons. The van der Waals surface area contributed by atoms with E-state index in [2.05, 4.69) is 21.6 Å². The van der Waals surface area contributed by atoms with Gasteiger partial charge in [-0.05, 0) is 12.8 Å². The van der Waals surface area contributed by atoms with E-state index in [1.807, 2.05) is 0 Å². The Morgan fingerprint density at radius 2 is 2.36 bits per heavy atom. The maximum Gasteiger partial charge on any atom is 0.438 e. The number of hydrogen-bond donors (Lipinski definition) is 1. The topological polar surface area (TPSA) is 58.9 Å². The summed E-state index contributed by atoms with van der Waals surface area (Å²) in [6.07, 6.45) is 3.40. The van der Waals surface area contributed by atoms with Crippen molar-refractivity contribution in [3.05, 3.63) is 16.4 Å². The lowest BCUT2D eigenvalue weighted by Crippen LogP contribution is -2.32. The largest absolute Gasteiger partial charge is 0.438 e. The van der Waals surface area contributed by atoms with Crippen LogP contribution in [0.3, 0.4) is 0 Å². The summed E-state index contributed by atoms with van der Waals surface area (Å²) in [6.45, 7) is 2.09. The molecule has 0 atom stereocenters. The van der Waals surface area contributed by atoms with Crippen LogP contribution < -0.4 is 5.76 Å². The lowest BCUT2D eigenvalue weighted by molar-refractivity contribution is 0.245. The van der Waals surface area contributed by atoms with Crippen LogP contribution in [0.25, 0.3) is 0 Å². The maximum absolute atomic E-state index is 10.6. The van der Waals surface area contributed by atoms with Crippen molar-refractivity contribution in [3.8, 4) is 0 Å². The Balaban J connectivity index is 2.35. The highest BCUT2D eigenvalue weighted by atomic mass is 16.5. The molecule has 1 saturated carbocycles. The average Bonchev–Trinajstić information content (AvgIpc) is 2.31. The molecule has 1 heterocycles. The molecule has 4 heteroatoms. The van der Waals surface area contributed by atoms with E-state index in [4.69, 9.17) is 0 Å². The van der Waals surface area contributed by atoms with Gasteiger partial charge in [0.15, 0.2) is 5.82 Å². The first kappa shape index (κ1) is 6.64. The van der Waals surface area contributed by atoms with E-state index in [0.29, 0.717) is 5.82 Å². The number of hydrogen-bond acceptors (Lipinski definition) is 3. The standard InChI is InChI=1S/C7H10N2O2/c1-7(3-2-4-7)5-8-6(10)11-9-5/h2-4H2,1H3,(H,8,9,10). The summed E-state index contributed by atoms with van der Waals surface area (Å²) in [4.78, 5) is 13.2. The van der Waals surface area contributed by atoms with Crippen molar-refractivity contribution in [2.75, 3.05) is 0 Å². The average molecular weight is 154 g/mol. The van der Waals surface area contributed by atoms with Crippen molar-refractivity contribution in [1.82, 2.24) is 10.1 Å². The fourth-order valence-corrected chi connectivity index (χ4v) is 1.43. The van der Waals surface area contributed by atoms with Gasteiger partial charge in [-0.1, -0.05) is 18.5 Å². The molecule has 1 aliphatic rings. The minimum Gasteiger partial charge on any atom is -0.296 e. The zero-order valence-corrected chi connectivity index (χ0v) is 6.39. The van der Waals surface area contributed by atoms with Gasteiger partial charge in [-0.25, -0.2) is 4.79 Å². The van der Waals surface area contributed by atoms with Crippen LogP contribution in [0.2, 0.25) is 0 Å². The maximum atomic E-state index is 10.6. The van der Waals surface area contributed by atoms with Crippen molar-refractivity contribution < 1.29 is 4.52 Å². The molecular weight excluding hydrogens is 144 g/mol. The van der Waals surface area contributed by atoms with Crippen LogP contribution in [0.1, 0.15) is 32.0 Å². The first-order chi connectivity index (χ1) is 5.21. The van der Waals surface area contributed by atoms with Crippen LogP contribution in [0.4, 0.5) is 0 Å². The van der Waals surface area contributed by atoms with Crippen molar-refractivity contribution >= 4 is 0 Å². The quantitative estimate of drug-likeness (QED) is 0.651. The lowest BCUT2D eigenvalue weighted by atomic mass is 9.70. The van der Waals surface area contributed by atoms with E-state index in [1.54, 1.807) is 0 Å². The van der Waals surface area contributed by atoms with Gasteiger partial charge in [0, 0.05) is 5.41 Å². The Hall–Kier alpha value is -1.06. The number of rotatable bonds is 1. The molecule has 0 aliphatic heterocycles. The van der Waals surface area contributed by atoms with Gasteiger partial charge in [0.05, 0.1) is 0 Å². The van der Waals surface area contributed by atoms with Crippen LogP contribution in [0.15, 0.2) is 9.32 Å². The zero-order valence-electron chi connectivity index (χ0n) is 6.39.